The monoisotopic (exact) mass is 504 g/mol. The third-order valence-corrected chi connectivity index (χ3v) is 6.63. The van der Waals surface area contributed by atoms with Crippen molar-refractivity contribution in [2.24, 2.45) is 0 Å². The summed E-state index contributed by atoms with van der Waals surface area (Å²) in [5.41, 5.74) is 4.82. The van der Waals surface area contributed by atoms with Crippen molar-refractivity contribution in [2.45, 2.75) is 50.8 Å². The van der Waals surface area contributed by atoms with E-state index in [4.69, 9.17) is 19.8 Å². The predicted octanol–water partition coefficient (Wildman–Crippen LogP) is 3.06. The molecule has 2 aromatic rings. The summed E-state index contributed by atoms with van der Waals surface area (Å²) in [5.74, 6) is 0.625. The highest BCUT2D eigenvalue weighted by Gasteiger charge is 2.32. The summed E-state index contributed by atoms with van der Waals surface area (Å²) >= 11 is 1.63. The number of hydroxylamine groups is 1. The molecule has 2 amide bonds. The van der Waals surface area contributed by atoms with E-state index in [-0.39, 0.29) is 44.2 Å². The molecule has 0 bridgehead atoms. The van der Waals surface area contributed by atoms with Crippen LogP contribution in [0.2, 0.25) is 0 Å². The van der Waals surface area contributed by atoms with Crippen LogP contribution in [0, 0.1) is 0 Å². The molecular formula is C25H32N2O7S. The number of anilines is 1. The summed E-state index contributed by atoms with van der Waals surface area (Å²) in [5, 5.41) is 29.7. The van der Waals surface area contributed by atoms with Crippen molar-refractivity contribution < 1.29 is 34.5 Å². The van der Waals surface area contributed by atoms with Crippen molar-refractivity contribution in [3.8, 4) is 0 Å². The van der Waals surface area contributed by atoms with Crippen LogP contribution in [0.1, 0.15) is 54.8 Å². The highest BCUT2D eigenvalue weighted by atomic mass is 32.2. The van der Waals surface area contributed by atoms with Crippen LogP contribution in [0.15, 0.2) is 48.5 Å². The van der Waals surface area contributed by atoms with E-state index in [1.54, 1.807) is 29.4 Å². The number of carbonyl (C=O) groups excluding carboxylic acids is 2. The molecule has 3 rings (SSSR count). The van der Waals surface area contributed by atoms with Gasteiger partial charge in [-0.15, -0.1) is 0 Å². The van der Waals surface area contributed by atoms with Gasteiger partial charge in [-0.1, -0.05) is 36.4 Å². The summed E-state index contributed by atoms with van der Waals surface area (Å²) in [4.78, 5) is 23.1. The van der Waals surface area contributed by atoms with E-state index >= 15 is 0 Å². The lowest BCUT2D eigenvalue weighted by molar-refractivity contribution is -0.245. The number of benzene rings is 2. The molecule has 35 heavy (non-hydrogen) atoms. The fourth-order valence-corrected chi connectivity index (χ4v) is 4.49. The second-order valence-electron chi connectivity index (χ2n) is 8.21. The number of nitrogens with one attached hydrogen (secondary N) is 2. The van der Waals surface area contributed by atoms with Crippen LogP contribution in [-0.4, -0.2) is 51.5 Å². The number of rotatable bonds is 12. The van der Waals surface area contributed by atoms with Gasteiger partial charge in [0.25, 0.3) is 0 Å². The third-order valence-electron chi connectivity index (χ3n) is 5.55. The van der Waals surface area contributed by atoms with Crippen LogP contribution in [0.25, 0.3) is 0 Å². The van der Waals surface area contributed by atoms with Gasteiger partial charge < -0.3 is 25.0 Å². The Morgan fingerprint density at radius 3 is 2.29 bits per heavy atom. The second-order valence-corrected chi connectivity index (χ2v) is 9.36. The van der Waals surface area contributed by atoms with Crippen LogP contribution in [0.4, 0.5) is 5.69 Å². The molecule has 0 radical (unpaired) electrons. The molecule has 0 saturated carbocycles. The minimum atomic E-state index is -0.590. The van der Waals surface area contributed by atoms with E-state index in [1.165, 1.54) is 0 Å². The Morgan fingerprint density at radius 2 is 1.63 bits per heavy atom. The van der Waals surface area contributed by atoms with E-state index in [0.29, 0.717) is 24.3 Å². The molecule has 10 heteroatoms. The molecule has 0 aliphatic carbocycles. The Hall–Kier alpha value is -2.47. The van der Waals surface area contributed by atoms with Crippen molar-refractivity contribution in [2.75, 3.05) is 23.4 Å². The van der Waals surface area contributed by atoms with Crippen molar-refractivity contribution in [1.29, 1.82) is 0 Å². The van der Waals surface area contributed by atoms with Gasteiger partial charge in [0, 0.05) is 42.0 Å². The van der Waals surface area contributed by atoms with Gasteiger partial charge in [0.15, 0.2) is 6.29 Å². The quantitative estimate of drug-likeness (QED) is 0.169. The zero-order chi connectivity index (χ0) is 25.0. The molecule has 190 valence electrons. The average molecular weight is 505 g/mol. The molecule has 5 N–H and O–H groups in total. The van der Waals surface area contributed by atoms with E-state index in [0.717, 1.165) is 22.4 Å². The Bertz CT molecular complexity index is 940. The number of aliphatic hydroxyl groups excluding tert-OH is 2. The first kappa shape index (κ1) is 27.1. The molecule has 0 aromatic heterocycles. The van der Waals surface area contributed by atoms with Gasteiger partial charge in [-0.2, -0.15) is 11.8 Å². The van der Waals surface area contributed by atoms with Gasteiger partial charge in [-0.3, -0.25) is 14.8 Å². The molecular weight excluding hydrogens is 472 g/mol. The summed E-state index contributed by atoms with van der Waals surface area (Å²) in [6.45, 7) is 0.101. The predicted molar refractivity (Wildman–Crippen MR) is 132 cm³/mol. The molecule has 1 heterocycles. The zero-order valence-electron chi connectivity index (χ0n) is 19.4. The fourth-order valence-electron chi connectivity index (χ4n) is 3.71. The minimum Gasteiger partial charge on any atom is -0.396 e. The molecule has 0 spiro atoms. The maximum atomic E-state index is 12.1. The number of hydrogen-bond acceptors (Lipinski definition) is 8. The van der Waals surface area contributed by atoms with Crippen LogP contribution in [-0.2, 0) is 25.7 Å². The standard InChI is InChI=1S/C25H32N2O7S/c28-12-13-35-16-21-14-22(18-6-4-17(15-29)5-7-18)34-25(33-21)19-8-10-20(11-9-19)26-23(30)2-1-3-24(31)27-32/h4-11,21-22,25,28-29,32H,1-3,12-16H2,(H,26,30)(H,27,31)/t21-,22+,25+/m0/s1. The zero-order valence-corrected chi connectivity index (χ0v) is 20.2. The van der Waals surface area contributed by atoms with Crippen molar-refractivity contribution >= 4 is 29.3 Å². The Balaban J connectivity index is 1.64. The molecule has 1 aliphatic heterocycles. The van der Waals surface area contributed by atoms with Crippen molar-refractivity contribution in [3.05, 3.63) is 65.2 Å². The molecule has 3 atom stereocenters. The molecule has 2 aromatic carbocycles. The number of aliphatic hydroxyl groups is 2. The summed E-state index contributed by atoms with van der Waals surface area (Å²) in [6, 6.07) is 14.9. The van der Waals surface area contributed by atoms with Gasteiger partial charge in [0.1, 0.15) is 0 Å². The number of ether oxygens (including phenoxy) is 2. The number of carbonyl (C=O) groups is 2. The van der Waals surface area contributed by atoms with Gasteiger partial charge >= 0.3 is 0 Å². The third kappa shape index (κ3) is 8.60. The maximum absolute atomic E-state index is 12.1. The lowest BCUT2D eigenvalue weighted by Crippen LogP contribution is -2.31. The minimum absolute atomic E-state index is 0.0150. The Morgan fingerprint density at radius 1 is 0.943 bits per heavy atom. The van der Waals surface area contributed by atoms with E-state index in [2.05, 4.69) is 5.32 Å². The van der Waals surface area contributed by atoms with Gasteiger partial charge in [0.2, 0.25) is 11.8 Å². The summed E-state index contributed by atoms with van der Waals surface area (Å²) < 4.78 is 12.5. The van der Waals surface area contributed by atoms with Crippen molar-refractivity contribution in [3.63, 3.8) is 0 Å². The first-order valence-electron chi connectivity index (χ1n) is 11.5. The van der Waals surface area contributed by atoms with Gasteiger partial charge in [0.05, 0.1) is 25.4 Å². The topological polar surface area (TPSA) is 137 Å². The molecule has 1 aliphatic rings. The summed E-state index contributed by atoms with van der Waals surface area (Å²) in [7, 11) is 0. The van der Waals surface area contributed by atoms with Crippen LogP contribution < -0.4 is 10.8 Å². The highest BCUT2D eigenvalue weighted by molar-refractivity contribution is 7.99. The molecule has 1 saturated heterocycles. The van der Waals surface area contributed by atoms with E-state index in [9.17, 15) is 14.7 Å². The summed E-state index contributed by atoms with van der Waals surface area (Å²) in [6.07, 6.45) is 0.397. The first-order chi connectivity index (χ1) is 17.0. The molecule has 1 fully saturated rings. The highest BCUT2D eigenvalue weighted by Crippen LogP contribution is 2.39. The van der Waals surface area contributed by atoms with Crippen LogP contribution in [0.3, 0.4) is 0 Å². The largest absolute Gasteiger partial charge is 0.396 e. The van der Waals surface area contributed by atoms with E-state index in [1.807, 2.05) is 36.4 Å². The number of amides is 2. The van der Waals surface area contributed by atoms with Gasteiger partial charge in [-0.25, -0.2) is 5.48 Å². The van der Waals surface area contributed by atoms with E-state index < -0.39 is 12.2 Å². The smallest absolute Gasteiger partial charge is 0.243 e. The van der Waals surface area contributed by atoms with Crippen LogP contribution >= 0.6 is 11.8 Å². The maximum Gasteiger partial charge on any atom is 0.243 e. The van der Waals surface area contributed by atoms with Crippen molar-refractivity contribution in [1.82, 2.24) is 5.48 Å². The lowest BCUT2D eigenvalue weighted by Gasteiger charge is -2.36. The van der Waals surface area contributed by atoms with Gasteiger partial charge in [-0.05, 0) is 29.7 Å². The molecule has 9 nitrogen and oxygen atoms in total. The van der Waals surface area contributed by atoms with Crippen LogP contribution in [0.5, 0.6) is 0 Å². The SMILES string of the molecule is O=C(CCCC(=O)Nc1ccc([C@@H]2O[C@H](CSCCO)C[C@H](c3ccc(CO)cc3)O2)cc1)NO. The first-order valence-corrected chi connectivity index (χ1v) is 12.7. The normalized spacial score (nSPS) is 19.8. The number of hydrogen-bond donors (Lipinski definition) is 5. The molecule has 0 unspecified atom stereocenters. The fraction of sp³-hybridized carbons (Fsp3) is 0.440. The Kier molecular flexibility index (Phi) is 11.0. The average Bonchev–Trinajstić information content (AvgIpc) is 2.89. The lowest BCUT2D eigenvalue weighted by atomic mass is 10.0. The number of thioether (sulfide) groups is 1. The Labute approximate surface area is 208 Å². The second kappa shape index (κ2) is 14.2.